The minimum atomic E-state index is -0.221. The molecule has 0 unspecified atom stereocenters. The molecule has 0 aliphatic carbocycles. The Morgan fingerprint density at radius 1 is 1.25 bits per heavy atom. The largest absolute Gasteiger partial charge is 0.347 e. The second kappa shape index (κ2) is 6.45. The Bertz CT molecular complexity index is 859. The summed E-state index contributed by atoms with van der Waals surface area (Å²) in [5.41, 5.74) is 2.25. The van der Waals surface area contributed by atoms with Gasteiger partial charge in [-0.1, -0.05) is 0 Å². The van der Waals surface area contributed by atoms with Crippen LogP contribution in [0.4, 0.5) is 11.8 Å². The smallest absolute Gasteiger partial charge is 0.257 e. The van der Waals surface area contributed by atoms with Crippen LogP contribution in [0, 0.1) is 6.92 Å². The van der Waals surface area contributed by atoms with E-state index < -0.39 is 0 Å². The van der Waals surface area contributed by atoms with Crippen LogP contribution in [0.5, 0.6) is 0 Å². The number of nitrogens with one attached hydrogen (secondary N) is 1. The highest BCUT2D eigenvalue weighted by atomic mass is 16.1. The van der Waals surface area contributed by atoms with Crippen LogP contribution in [0.1, 0.15) is 15.9 Å². The van der Waals surface area contributed by atoms with E-state index in [9.17, 15) is 4.79 Å². The number of aromatic nitrogens is 5. The van der Waals surface area contributed by atoms with Gasteiger partial charge in [-0.15, -0.1) is 0 Å². The molecule has 122 valence electrons. The van der Waals surface area contributed by atoms with Crippen LogP contribution in [0.3, 0.4) is 0 Å². The Labute approximate surface area is 139 Å². The topological polar surface area (TPSA) is 88.8 Å². The van der Waals surface area contributed by atoms with Gasteiger partial charge in [-0.3, -0.25) is 4.79 Å². The lowest BCUT2D eigenvalue weighted by molar-refractivity contribution is 0.102. The summed E-state index contributed by atoms with van der Waals surface area (Å²) in [5, 5.41) is 6.88. The van der Waals surface area contributed by atoms with Crippen LogP contribution in [0.25, 0.3) is 5.69 Å². The van der Waals surface area contributed by atoms with E-state index in [0.717, 1.165) is 11.3 Å². The first-order valence-electron chi connectivity index (χ1n) is 7.32. The van der Waals surface area contributed by atoms with E-state index in [1.54, 1.807) is 34.2 Å². The summed E-state index contributed by atoms with van der Waals surface area (Å²) < 4.78 is 1.64. The molecule has 24 heavy (non-hydrogen) atoms. The lowest BCUT2D eigenvalue weighted by atomic mass is 10.1. The number of amides is 1. The minimum Gasteiger partial charge on any atom is -0.347 e. The van der Waals surface area contributed by atoms with Crippen LogP contribution in [0.15, 0.2) is 43.1 Å². The van der Waals surface area contributed by atoms with Crippen LogP contribution in [0.2, 0.25) is 0 Å². The van der Waals surface area contributed by atoms with Gasteiger partial charge in [0.2, 0.25) is 5.95 Å². The molecule has 0 aliphatic rings. The Morgan fingerprint density at radius 3 is 2.75 bits per heavy atom. The Kier molecular flexibility index (Phi) is 4.19. The summed E-state index contributed by atoms with van der Waals surface area (Å²) in [6, 6.07) is 7.12. The molecule has 0 bridgehead atoms. The van der Waals surface area contributed by atoms with Gasteiger partial charge in [0.15, 0.2) is 0 Å². The summed E-state index contributed by atoms with van der Waals surface area (Å²) in [6.45, 7) is 1.88. The summed E-state index contributed by atoms with van der Waals surface area (Å²) in [5.74, 6) is 0.769. The van der Waals surface area contributed by atoms with Gasteiger partial charge in [-0.25, -0.2) is 14.6 Å². The van der Waals surface area contributed by atoms with Crippen molar-refractivity contribution in [3.8, 4) is 5.69 Å². The van der Waals surface area contributed by atoms with Gasteiger partial charge in [0, 0.05) is 25.9 Å². The SMILES string of the molecule is Cc1cc(-n2cncn2)ccc1C(=O)Nc1ccnc(N(C)C)n1. The first kappa shape index (κ1) is 15.6. The standard InChI is InChI=1S/C16H17N7O/c1-11-8-12(23-10-17-9-19-23)4-5-13(11)15(24)20-14-6-7-18-16(21-14)22(2)3/h4-10H,1-3H3,(H,18,20,21,24). The maximum Gasteiger partial charge on any atom is 0.257 e. The molecule has 1 aromatic carbocycles. The van der Waals surface area contributed by atoms with Gasteiger partial charge in [-0.2, -0.15) is 10.1 Å². The fraction of sp³-hybridized carbons (Fsp3) is 0.188. The van der Waals surface area contributed by atoms with Crippen LogP contribution < -0.4 is 10.2 Å². The Balaban J connectivity index is 1.81. The highest BCUT2D eigenvalue weighted by Crippen LogP contribution is 2.16. The monoisotopic (exact) mass is 323 g/mol. The van der Waals surface area contributed by atoms with E-state index in [4.69, 9.17) is 0 Å². The molecular weight excluding hydrogens is 306 g/mol. The van der Waals surface area contributed by atoms with Gasteiger partial charge < -0.3 is 10.2 Å². The third-order valence-corrected chi connectivity index (χ3v) is 3.42. The quantitative estimate of drug-likeness (QED) is 0.786. The van der Waals surface area contributed by atoms with E-state index in [-0.39, 0.29) is 5.91 Å². The minimum absolute atomic E-state index is 0.221. The molecule has 0 saturated carbocycles. The maximum atomic E-state index is 12.5. The van der Waals surface area contributed by atoms with Crippen molar-refractivity contribution in [2.24, 2.45) is 0 Å². The first-order chi connectivity index (χ1) is 11.5. The molecule has 3 aromatic rings. The summed E-state index contributed by atoms with van der Waals surface area (Å²) in [7, 11) is 3.68. The van der Waals surface area contributed by atoms with Crippen LogP contribution >= 0.6 is 0 Å². The van der Waals surface area contributed by atoms with Crippen molar-refractivity contribution in [2.75, 3.05) is 24.3 Å². The number of carbonyl (C=O) groups excluding carboxylic acids is 1. The van der Waals surface area contributed by atoms with Gasteiger partial charge >= 0.3 is 0 Å². The van der Waals surface area contributed by atoms with E-state index in [1.807, 2.05) is 33.2 Å². The molecule has 3 rings (SSSR count). The normalized spacial score (nSPS) is 10.5. The maximum absolute atomic E-state index is 12.5. The van der Waals surface area contributed by atoms with Gasteiger partial charge in [0.1, 0.15) is 18.5 Å². The zero-order valence-corrected chi connectivity index (χ0v) is 13.6. The van der Waals surface area contributed by atoms with Crippen molar-refractivity contribution in [3.05, 3.63) is 54.2 Å². The second-order valence-corrected chi connectivity index (χ2v) is 5.43. The zero-order valence-electron chi connectivity index (χ0n) is 13.6. The number of carbonyl (C=O) groups is 1. The molecule has 2 aromatic heterocycles. The number of nitrogens with zero attached hydrogens (tertiary/aromatic N) is 6. The fourth-order valence-electron chi connectivity index (χ4n) is 2.20. The lowest BCUT2D eigenvalue weighted by Crippen LogP contribution is -2.17. The van der Waals surface area contributed by atoms with Crippen molar-refractivity contribution >= 4 is 17.7 Å². The number of hydrogen-bond acceptors (Lipinski definition) is 6. The third-order valence-electron chi connectivity index (χ3n) is 3.42. The van der Waals surface area contributed by atoms with Gasteiger partial charge in [0.25, 0.3) is 5.91 Å². The average Bonchev–Trinajstić information content (AvgIpc) is 3.09. The predicted octanol–water partition coefficient (Wildman–Crippen LogP) is 1.68. The van der Waals surface area contributed by atoms with Crippen molar-refractivity contribution in [1.82, 2.24) is 24.7 Å². The number of hydrogen-bond donors (Lipinski definition) is 1. The van der Waals surface area contributed by atoms with E-state index in [2.05, 4.69) is 25.4 Å². The molecule has 1 amide bonds. The molecular formula is C16H17N7O. The molecule has 8 heteroatoms. The highest BCUT2D eigenvalue weighted by Gasteiger charge is 2.12. The zero-order chi connectivity index (χ0) is 17.1. The molecule has 2 heterocycles. The van der Waals surface area contributed by atoms with E-state index >= 15 is 0 Å². The molecule has 0 saturated heterocycles. The van der Waals surface area contributed by atoms with Crippen molar-refractivity contribution < 1.29 is 4.79 Å². The molecule has 0 radical (unpaired) electrons. The summed E-state index contributed by atoms with van der Waals surface area (Å²) in [6.07, 6.45) is 4.68. The Hall–Kier alpha value is -3.29. The molecule has 0 spiro atoms. The molecule has 0 atom stereocenters. The van der Waals surface area contributed by atoms with Gasteiger partial charge in [-0.05, 0) is 36.8 Å². The van der Waals surface area contributed by atoms with Crippen molar-refractivity contribution in [2.45, 2.75) is 6.92 Å². The highest BCUT2D eigenvalue weighted by molar-refractivity contribution is 6.04. The molecule has 8 nitrogen and oxygen atoms in total. The van der Waals surface area contributed by atoms with Gasteiger partial charge in [0.05, 0.1) is 5.69 Å². The van der Waals surface area contributed by atoms with E-state index in [0.29, 0.717) is 17.3 Å². The first-order valence-corrected chi connectivity index (χ1v) is 7.32. The third kappa shape index (κ3) is 3.22. The second-order valence-electron chi connectivity index (χ2n) is 5.43. The molecule has 0 aliphatic heterocycles. The number of aryl methyl sites for hydroxylation is 1. The van der Waals surface area contributed by atoms with Crippen LogP contribution in [-0.2, 0) is 0 Å². The lowest BCUT2D eigenvalue weighted by Gasteiger charge is -2.12. The predicted molar refractivity (Wildman–Crippen MR) is 90.4 cm³/mol. The number of anilines is 2. The number of benzene rings is 1. The fourth-order valence-corrected chi connectivity index (χ4v) is 2.20. The number of rotatable bonds is 4. The molecule has 1 N–H and O–H groups in total. The average molecular weight is 323 g/mol. The summed E-state index contributed by atoms with van der Waals surface area (Å²) >= 11 is 0. The van der Waals surface area contributed by atoms with Crippen molar-refractivity contribution in [3.63, 3.8) is 0 Å². The summed E-state index contributed by atoms with van der Waals surface area (Å²) in [4.78, 5) is 26.6. The Morgan fingerprint density at radius 2 is 2.08 bits per heavy atom. The van der Waals surface area contributed by atoms with E-state index in [1.165, 1.54) is 6.33 Å². The van der Waals surface area contributed by atoms with Crippen molar-refractivity contribution in [1.29, 1.82) is 0 Å². The van der Waals surface area contributed by atoms with Crippen LogP contribution in [-0.4, -0.2) is 44.7 Å². The molecule has 0 fully saturated rings.